The minimum absolute atomic E-state index is 0.194. The number of rotatable bonds is 7. The molecule has 0 rings (SSSR count). The molecule has 0 aromatic carbocycles. The molecule has 0 unspecified atom stereocenters. The van der Waals surface area contributed by atoms with Crippen LogP contribution in [0.2, 0.25) is 12.1 Å². The summed E-state index contributed by atoms with van der Waals surface area (Å²) in [6.07, 6.45) is 1.14. The first-order valence-corrected chi connectivity index (χ1v) is 7.05. The Kier molecular flexibility index (Phi) is 9.61. The maximum Gasteiger partial charge on any atom is 0.147 e. The van der Waals surface area contributed by atoms with Gasteiger partial charge in [-0.1, -0.05) is 0 Å². The Morgan fingerprint density at radius 1 is 1.00 bits per heavy atom. The van der Waals surface area contributed by atoms with Gasteiger partial charge in [0, 0.05) is 0 Å². The van der Waals surface area contributed by atoms with Crippen molar-refractivity contribution in [1.29, 1.82) is 0 Å². The predicted octanol–water partition coefficient (Wildman–Crippen LogP) is -1.69. The second-order valence-electron chi connectivity index (χ2n) is 2.25. The zero-order valence-electron chi connectivity index (χ0n) is 6.51. The van der Waals surface area contributed by atoms with E-state index >= 15 is 0 Å². The molecule has 4 N–H and O–H groups in total. The topological polar surface area (TPSA) is 61.3 Å². The van der Waals surface area contributed by atoms with Crippen LogP contribution in [0, 0.1) is 0 Å². The van der Waals surface area contributed by atoms with Crippen molar-refractivity contribution >= 4 is 19.5 Å². The van der Waals surface area contributed by atoms with E-state index in [1.807, 2.05) is 0 Å². The fraction of sp³-hybridized carbons (Fsp3) is 1.00. The molecule has 3 nitrogen and oxygen atoms in total. The zero-order valence-corrected chi connectivity index (χ0v) is 9.34. The highest BCUT2D eigenvalue weighted by molar-refractivity contribution is 6.42. The van der Waals surface area contributed by atoms with E-state index in [9.17, 15) is 0 Å². The van der Waals surface area contributed by atoms with Crippen LogP contribution in [0.1, 0.15) is 6.42 Å². The summed E-state index contributed by atoms with van der Waals surface area (Å²) in [5, 5.41) is 0. The Balaban J connectivity index is 2.65. The van der Waals surface area contributed by atoms with Gasteiger partial charge in [-0.3, -0.25) is 0 Å². The van der Waals surface area contributed by atoms with Gasteiger partial charge in [-0.2, -0.15) is 0 Å². The van der Waals surface area contributed by atoms with Gasteiger partial charge in [0.05, 0.1) is 0 Å². The molecule has 10 heavy (non-hydrogen) atoms. The molecule has 0 radical (unpaired) electrons. The van der Waals surface area contributed by atoms with Gasteiger partial charge < -0.3 is 15.6 Å². The van der Waals surface area contributed by atoms with Crippen molar-refractivity contribution in [1.82, 2.24) is 0 Å². The summed E-state index contributed by atoms with van der Waals surface area (Å²) in [6, 6.07) is 2.38. The van der Waals surface area contributed by atoms with E-state index < -0.39 is 0 Å². The molecule has 62 valence electrons. The predicted molar refractivity (Wildman–Crippen MR) is 50.5 cm³/mol. The largest absolute Gasteiger partial charge is 0.465 e. The van der Waals surface area contributed by atoms with Gasteiger partial charge in [-0.05, 0) is 31.6 Å². The maximum atomic E-state index is 5.52. The van der Waals surface area contributed by atoms with Crippen molar-refractivity contribution in [3.63, 3.8) is 0 Å². The molecule has 0 heterocycles. The fourth-order valence-electron chi connectivity index (χ4n) is 0.636. The average molecular weight is 178 g/mol. The van der Waals surface area contributed by atoms with E-state index in [0.717, 1.165) is 25.6 Å². The summed E-state index contributed by atoms with van der Waals surface area (Å²) in [5.41, 5.74) is 10.6. The molecule has 0 aliphatic heterocycles. The van der Waals surface area contributed by atoms with Crippen molar-refractivity contribution in [2.75, 3.05) is 13.1 Å². The summed E-state index contributed by atoms with van der Waals surface area (Å²) < 4.78 is 5.52. The van der Waals surface area contributed by atoms with Crippen molar-refractivity contribution in [3.8, 4) is 0 Å². The molecule has 5 heteroatoms. The monoisotopic (exact) mass is 178 g/mol. The lowest BCUT2D eigenvalue weighted by molar-refractivity contribution is 0.628. The van der Waals surface area contributed by atoms with E-state index in [2.05, 4.69) is 0 Å². The number of hydrogen-bond donors (Lipinski definition) is 2. The first kappa shape index (κ1) is 10.3. The van der Waals surface area contributed by atoms with Crippen molar-refractivity contribution in [2.45, 2.75) is 18.5 Å². The van der Waals surface area contributed by atoms with Gasteiger partial charge >= 0.3 is 0 Å². The lowest BCUT2D eigenvalue weighted by Gasteiger charge is -2.00. The van der Waals surface area contributed by atoms with Gasteiger partial charge in [0.2, 0.25) is 0 Å². The van der Waals surface area contributed by atoms with E-state index in [-0.39, 0.29) is 19.5 Å². The highest BCUT2D eigenvalue weighted by atomic mass is 28.3. The Labute approximate surface area is 67.4 Å². The molecule has 0 spiro atoms. The second kappa shape index (κ2) is 9.31. The lowest BCUT2D eigenvalue weighted by Crippen LogP contribution is -2.10. The second-order valence-corrected chi connectivity index (χ2v) is 6.11. The molecule has 0 amide bonds. The number of hydrogen-bond acceptors (Lipinski definition) is 3. The molecule has 0 aliphatic carbocycles. The smallest absolute Gasteiger partial charge is 0.147 e. The number of nitrogens with two attached hydrogens (primary N) is 2. The highest BCUT2D eigenvalue weighted by Gasteiger charge is 1.88. The van der Waals surface area contributed by atoms with Crippen LogP contribution in [-0.4, -0.2) is 32.6 Å². The maximum absolute atomic E-state index is 5.52. The Hall–Kier alpha value is 0.314. The summed E-state index contributed by atoms with van der Waals surface area (Å²) in [6.45, 7) is 1.62. The van der Waals surface area contributed by atoms with Crippen LogP contribution in [0.15, 0.2) is 0 Å². The molecule has 0 bridgehead atoms. The normalized spacial score (nSPS) is 12.6. The summed E-state index contributed by atoms with van der Waals surface area (Å²) in [5.74, 6) is 0. The van der Waals surface area contributed by atoms with Crippen LogP contribution >= 0.6 is 0 Å². The quantitative estimate of drug-likeness (QED) is 0.361. The van der Waals surface area contributed by atoms with Gasteiger partial charge in [0.25, 0.3) is 0 Å². The first-order chi connectivity index (χ1) is 4.91. The Morgan fingerprint density at radius 3 is 2.30 bits per heavy atom. The molecule has 0 aliphatic rings. The molecular formula is C5H18N2OSi2. The average Bonchev–Trinajstić information content (AvgIpc) is 1.97. The van der Waals surface area contributed by atoms with Gasteiger partial charge in [0.15, 0.2) is 0 Å². The molecular weight excluding hydrogens is 160 g/mol. The van der Waals surface area contributed by atoms with Gasteiger partial charge in [-0.15, -0.1) is 0 Å². The third-order valence-electron chi connectivity index (χ3n) is 1.24. The van der Waals surface area contributed by atoms with Gasteiger partial charge in [-0.25, -0.2) is 0 Å². The van der Waals surface area contributed by atoms with E-state index in [1.165, 1.54) is 6.04 Å². The fourth-order valence-corrected chi connectivity index (χ4v) is 3.74. The third kappa shape index (κ3) is 8.31. The highest BCUT2D eigenvalue weighted by Crippen LogP contribution is 1.85. The van der Waals surface area contributed by atoms with Crippen LogP contribution in [0.25, 0.3) is 0 Å². The van der Waals surface area contributed by atoms with Gasteiger partial charge in [0.1, 0.15) is 19.5 Å². The summed E-state index contributed by atoms with van der Waals surface area (Å²) in [7, 11) is -0.415. The Morgan fingerprint density at radius 2 is 1.70 bits per heavy atom. The van der Waals surface area contributed by atoms with E-state index in [1.54, 1.807) is 0 Å². The molecule has 0 fully saturated rings. The SMILES string of the molecule is NCCC[SiH2]O[SiH2]CCN. The van der Waals surface area contributed by atoms with Crippen molar-refractivity contribution < 1.29 is 4.12 Å². The zero-order chi connectivity index (χ0) is 7.66. The molecule has 0 aromatic heterocycles. The van der Waals surface area contributed by atoms with Crippen LogP contribution in [0.5, 0.6) is 0 Å². The van der Waals surface area contributed by atoms with Crippen LogP contribution in [0.3, 0.4) is 0 Å². The van der Waals surface area contributed by atoms with E-state index in [0.29, 0.717) is 0 Å². The summed E-state index contributed by atoms with van der Waals surface area (Å²) in [4.78, 5) is 0. The third-order valence-corrected chi connectivity index (χ3v) is 5.03. The van der Waals surface area contributed by atoms with Crippen LogP contribution in [0.4, 0.5) is 0 Å². The molecule has 0 aromatic rings. The Bertz CT molecular complexity index is 57.6. The first-order valence-electron chi connectivity index (χ1n) is 3.89. The standard InChI is InChI=1S/C5H18N2OSi2/c6-2-1-4-9-8-10-5-3-7/h1-7,9-10H2. The molecule has 0 atom stereocenters. The minimum atomic E-state index is -0.221. The lowest BCUT2D eigenvalue weighted by atomic mass is 10.5. The van der Waals surface area contributed by atoms with E-state index in [4.69, 9.17) is 15.6 Å². The molecule has 0 saturated carbocycles. The minimum Gasteiger partial charge on any atom is -0.465 e. The van der Waals surface area contributed by atoms with Crippen LogP contribution in [-0.2, 0) is 4.12 Å². The molecule has 0 saturated heterocycles. The van der Waals surface area contributed by atoms with Crippen molar-refractivity contribution in [2.24, 2.45) is 11.5 Å². The van der Waals surface area contributed by atoms with Crippen LogP contribution < -0.4 is 11.5 Å². The van der Waals surface area contributed by atoms with Crippen molar-refractivity contribution in [3.05, 3.63) is 0 Å². The summed E-state index contributed by atoms with van der Waals surface area (Å²) >= 11 is 0.